The number of halogens is 3. The minimum absolute atomic E-state index is 0.0496. The molecule has 0 amide bonds. The van der Waals surface area contributed by atoms with Crippen LogP contribution in [0.3, 0.4) is 0 Å². The second-order valence-corrected chi connectivity index (χ2v) is 8.05. The number of aromatic nitrogens is 3. The molecular formula is C21H22F3N3O3S. The highest BCUT2D eigenvalue weighted by Gasteiger charge is 2.26. The monoisotopic (exact) mass is 453 g/mol. The van der Waals surface area contributed by atoms with Crippen molar-refractivity contribution < 1.29 is 22.7 Å². The Morgan fingerprint density at radius 3 is 2.61 bits per heavy atom. The van der Waals surface area contributed by atoms with Crippen LogP contribution < -0.4 is 10.3 Å². The topological polar surface area (TPSA) is 77.0 Å². The molecule has 2 heterocycles. The van der Waals surface area contributed by atoms with E-state index in [1.807, 2.05) is 0 Å². The molecule has 166 valence electrons. The summed E-state index contributed by atoms with van der Waals surface area (Å²) in [6.07, 6.45) is -2.44. The normalized spacial score (nSPS) is 11.7. The molecular weight excluding hydrogens is 431 g/mol. The Morgan fingerprint density at radius 1 is 1.19 bits per heavy atom. The Labute approximate surface area is 180 Å². The Balaban J connectivity index is 1.78. The number of alkyl halides is 3. The molecule has 3 aromatic rings. The van der Waals surface area contributed by atoms with Gasteiger partial charge in [0.05, 0.1) is 17.8 Å². The van der Waals surface area contributed by atoms with Gasteiger partial charge in [-0.05, 0) is 50.1 Å². The average molecular weight is 453 g/mol. The molecule has 3 rings (SSSR count). The van der Waals surface area contributed by atoms with Gasteiger partial charge < -0.3 is 14.5 Å². The molecule has 10 heteroatoms. The van der Waals surface area contributed by atoms with E-state index in [2.05, 4.69) is 9.97 Å². The quantitative estimate of drug-likeness (QED) is 0.269. The van der Waals surface area contributed by atoms with Crippen molar-refractivity contribution in [1.82, 2.24) is 14.5 Å². The van der Waals surface area contributed by atoms with E-state index in [1.54, 1.807) is 36.5 Å². The van der Waals surface area contributed by atoms with E-state index >= 15 is 0 Å². The molecule has 1 aromatic carbocycles. The molecule has 0 atom stereocenters. The van der Waals surface area contributed by atoms with Crippen LogP contribution in [0.1, 0.15) is 32.6 Å². The number of nitrogens with one attached hydrogen (secondary N) is 1. The fourth-order valence-electron chi connectivity index (χ4n) is 2.94. The third-order valence-electron chi connectivity index (χ3n) is 4.42. The lowest BCUT2D eigenvalue weighted by Crippen LogP contribution is -2.21. The predicted octanol–water partition coefficient (Wildman–Crippen LogP) is 4.90. The summed E-state index contributed by atoms with van der Waals surface area (Å²) >= 11 is 1.39. The van der Waals surface area contributed by atoms with E-state index < -0.39 is 12.6 Å². The zero-order chi connectivity index (χ0) is 22.4. The van der Waals surface area contributed by atoms with Crippen molar-refractivity contribution in [3.05, 3.63) is 46.9 Å². The van der Waals surface area contributed by atoms with Crippen molar-refractivity contribution in [2.45, 2.75) is 43.9 Å². The van der Waals surface area contributed by atoms with E-state index in [0.29, 0.717) is 46.2 Å². The zero-order valence-corrected chi connectivity index (χ0v) is 17.7. The number of aromatic amines is 1. The molecule has 0 aliphatic rings. The highest BCUT2D eigenvalue weighted by atomic mass is 32.2. The minimum Gasteiger partial charge on any atom is -0.494 e. The molecule has 6 nitrogen and oxygen atoms in total. The highest BCUT2D eigenvalue weighted by Crippen LogP contribution is 2.24. The molecule has 0 aliphatic carbocycles. The lowest BCUT2D eigenvalue weighted by Gasteiger charge is -2.13. The lowest BCUT2D eigenvalue weighted by molar-refractivity contribution is -0.136. The Bertz CT molecular complexity index is 1090. The van der Waals surface area contributed by atoms with Gasteiger partial charge in [-0.25, -0.2) is 4.98 Å². The number of ether oxygens (including phenoxy) is 1. The van der Waals surface area contributed by atoms with E-state index in [0.717, 1.165) is 0 Å². The molecule has 0 unspecified atom stereocenters. The maximum Gasteiger partial charge on any atom is 0.389 e. The maximum atomic E-state index is 13.0. The number of carbonyl (C=O) groups excluding carboxylic acids is 1. The molecule has 0 bridgehead atoms. The van der Waals surface area contributed by atoms with Crippen molar-refractivity contribution >= 4 is 28.6 Å². The van der Waals surface area contributed by atoms with Gasteiger partial charge in [-0.15, -0.1) is 0 Å². The third-order valence-corrected chi connectivity index (χ3v) is 5.45. The second-order valence-electron chi connectivity index (χ2n) is 6.99. The first-order chi connectivity index (χ1) is 14.7. The van der Waals surface area contributed by atoms with Gasteiger partial charge in [0, 0.05) is 24.8 Å². The van der Waals surface area contributed by atoms with E-state index in [-0.39, 0.29) is 24.4 Å². The van der Waals surface area contributed by atoms with Gasteiger partial charge in [-0.3, -0.25) is 9.36 Å². The average Bonchev–Trinajstić information content (AvgIpc) is 3.18. The summed E-state index contributed by atoms with van der Waals surface area (Å²) in [6, 6.07) is 8.27. The van der Waals surface area contributed by atoms with Crippen LogP contribution in [0.5, 0.6) is 5.75 Å². The highest BCUT2D eigenvalue weighted by molar-refractivity contribution is 7.99. The van der Waals surface area contributed by atoms with Gasteiger partial charge in [0.2, 0.25) is 0 Å². The summed E-state index contributed by atoms with van der Waals surface area (Å²) in [5, 5.41) is 0.500. The molecule has 1 N–H and O–H groups in total. The number of carbonyl (C=O) groups is 1. The molecule has 31 heavy (non-hydrogen) atoms. The van der Waals surface area contributed by atoms with Crippen molar-refractivity contribution in [1.29, 1.82) is 0 Å². The largest absolute Gasteiger partial charge is 0.494 e. The first-order valence-electron chi connectivity index (χ1n) is 9.77. The Kier molecular flexibility index (Phi) is 7.42. The lowest BCUT2D eigenvalue weighted by atomic mass is 10.3. The summed E-state index contributed by atoms with van der Waals surface area (Å²) in [4.78, 5) is 31.7. The van der Waals surface area contributed by atoms with Crippen molar-refractivity contribution in [3.63, 3.8) is 0 Å². The second kappa shape index (κ2) is 10.0. The summed E-state index contributed by atoms with van der Waals surface area (Å²) in [5.41, 5.74) is 1.23. The van der Waals surface area contributed by atoms with Crippen molar-refractivity contribution in [3.8, 4) is 11.4 Å². The summed E-state index contributed by atoms with van der Waals surface area (Å²) in [6.45, 7) is 1.49. The standard InChI is InChI=1S/C21H22F3N3O3S/c1-14(28)4-2-13-31-20-26-17-9-11-25-18(17)19(29)27(20)15-5-7-16(8-6-15)30-12-3-10-21(22,23)24/h5-9,11,25H,2-4,10,12-13H2,1H3. The smallest absolute Gasteiger partial charge is 0.389 e. The molecule has 2 aromatic heterocycles. The van der Waals surface area contributed by atoms with Crippen molar-refractivity contribution in [2.24, 2.45) is 0 Å². The first kappa shape index (κ1) is 22.9. The number of Topliss-reactive ketones (excluding diaryl/α,β-unsaturated/α-hetero) is 1. The molecule has 0 fully saturated rings. The maximum absolute atomic E-state index is 13.0. The number of H-pyrrole nitrogens is 1. The number of fused-ring (bicyclic) bond motifs is 1. The molecule has 0 saturated heterocycles. The van der Waals surface area contributed by atoms with Crippen LogP contribution in [0.15, 0.2) is 46.5 Å². The molecule has 0 saturated carbocycles. The van der Waals surface area contributed by atoms with Gasteiger partial charge in [-0.1, -0.05) is 11.8 Å². The molecule has 0 aliphatic heterocycles. The van der Waals surface area contributed by atoms with Crippen LogP contribution in [0.4, 0.5) is 13.2 Å². The van der Waals surface area contributed by atoms with E-state index in [4.69, 9.17) is 4.74 Å². The Morgan fingerprint density at radius 2 is 1.94 bits per heavy atom. The number of hydrogen-bond acceptors (Lipinski definition) is 5. The van der Waals surface area contributed by atoms with Gasteiger partial charge in [0.25, 0.3) is 5.56 Å². The van der Waals surface area contributed by atoms with Crippen LogP contribution in [0, 0.1) is 0 Å². The van der Waals surface area contributed by atoms with Crippen LogP contribution in [-0.4, -0.2) is 38.9 Å². The number of benzene rings is 1. The van der Waals surface area contributed by atoms with Crippen LogP contribution >= 0.6 is 11.8 Å². The third kappa shape index (κ3) is 6.36. The van der Waals surface area contributed by atoms with Crippen LogP contribution in [0.25, 0.3) is 16.7 Å². The number of rotatable bonds is 10. The van der Waals surface area contributed by atoms with Crippen molar-refractivity contribution in [2.75, 3.05) is 12.4 Å². The fraction of sp³-hybridized carbons (Fsp3) is 0.381. The van der Waals surface area contributed by atoms with Crippen LogP contribution in [0.2, 0.25) is 0 Å². The molecule has 0 radical (unpaired) electrons. The Hall–Kier alpha value is -2.75. The van der Waals surface area contributed by atoms with Crippen LogP contribution in [-0.2, 0) is 4.79 Å². The fourth-order valence-corrected chi connectivity index (χ4v) is 3.89. The number of thioether (sulfide) groups is 1. The van der Waals surface area contributed by atoms with Gasteiger partial charge in [0.15, 0.2) is 5.16 Å². The first-order valence-corrected chi connectivity index (χ1v) is 10.8. The number of hydrogen-bond donors (Lipinski definition) is 1. The van der Waals surface area contributed by atoms with Gasteiger partial charge >= 0.3 is 6.18 Å². The predicted molar refractivity (Wildman–Crippen MR) is 113 cm³/mol. The summed E-state index contributed by atoms with van der Waals surface area (Å²) < 4.78 is 43.5. The zero-order valence-electron chi connectivity index (χ0n) is 16.9. The van der Waals surface area contributed by atoms with Gasteiger partial charge in [-0.2, -0.15) is 13.2 Å². The molecule has 0 spiro atoms. The number of nitrogens with zero attached hydrogens (tertiary/aromatic N) is 2. The van der Waals surface area contributed by atoms with E-state index in [1.165, 1.54) is 23.3 Å². The SMILES string of the molecule is CC(=O)CCCSc1nc2cc[nH]c2c(=O)n1-c1ccc(OCCCC(F)(F)F)cc1. The minimum atomic E-state index is -4.20. The van der Waals surface area contributed by atoms with E-state index in [9.17, 15) is 22.8 Å². The number of ketones is 1. The van der Waals surface area contributed by atoms with Gasteiger partial charge in [0.1, 0.15) is 17.0 Å². The summed E-state index contributed by atoms with van der Waals surface area (Å²) in [5.74, 6) is 1.16. The summed E-state index contributed by atoms with van der Waals surface area (Å²) in [7, 11) is 0.